The Bertz CT molecular complexity index is 752. The molecule has 27 heavy (non-hydrogen) atoms. The van der Waals surface area contributed by atoms with E-state index in [0.717, 1.165) is 30.6 Å². The zero-order valence-electron chi connectivity index (χ0n) is 15.5. The number of unbranched alkanes of at least 4 members (excludes halogenated alkanes) is 1. The van der Waals surface area contributed by atoms with Crippen LogP contribution in [0.2, 0.25) is 0 Å². The number of rotatable bonds is 7. The normalized spacial score (nSPS) is 18.3. The lowest BCUT2D eigenvalue weighted by Gasteiger charge is -2.36. The van der Waals surface area contributed by atoms with Crippen molar-refractivity contribution in [1.29, 1.82) is 0 Å². The van der Waals surface area contributed by atoms with E-state index in [-0.39, 0.29) is 0 Å². The van der Waals surface area contributed by atoms with Gasteiger partial charge in [0.05, 0.1) is 11.9 Å². The number of allylic oxidation sites excluding steroid dienone is 2. The third-order valence-corrected chi connectivity index (χ3v) is 4.62. The Hall–Kier alpha value is -2.50. The van der Waals surface area contributed by atoms with Crippen LogP contribution in [0.15, 0.2) is 79.2 Å². The zero-order valence-corrected chi connectivity index (χ0v) is 16.4. The van der Waals surface area contributed by atoms with Gasteiger partial charge in [0, 0.05) is 24.9 Å². The highest BCUT2D eigenvalue weighted by Gasteiger charge is 2.31. The highest BCUT2D eigenvalue weighted by molar-refractivity contribution is 7.80. The maximum atomic E-state index is 6.22. The molecule has 0 radical (unpaired) electrons. The number of benzene rings is 1. The fraction of sp³-hybridized carbons (Fsp3) is 0.273. The first-order valence-electron chi connectivity index (χ1n) is 9.30. The summed E-state index contributed by atoms with van der Waals surface area (Å²) in [6.07, 6.45) is 14.6. The summed E-state index contributed by atoms with van der Waals surface area (Å²) in [5.41, 5.74) is 1.25. The van der Waals surface area contributed by atoms with Crippen LogP contribution in [-0.2, 0) is 4.74 Å². The number of nitrogens with one attached hydrogen (secondary N) is 1. The monoisotopic (exact) mass is 379 g/mol. The fourth-order valence-corrected chi connectivity index (χ4v) is 3.30. The molecule has 0 bridgehead atoms. The molecule has 2 aromatic rings. The molecule has 1 atom stereocenters. The lowest BCUT2D eigenvalue weighted by atomic mass is 10.0. The van der Waals surface area contributed by atoms with E-state index in [1.165, 1.54) is 0 Å². The molecule has 1 aliphatic carbocycles. The Labute approximate surface area is 166 Å². The molecule has 0 spiro atoms. The summed E-state index contributed by atoms with van der Waals surface area (Å²) < 4.78 is 6.22. The molecule has 1 aromatic carbocycles. The van der Waals surface area contributed by atoms with Crippen molar-refractivity contribution in [3.63, 3.8) is 0 Å². The third-order valence-electron chi connectivity index (χ3n) is 4.33. The first kappa shape index (κ1) is 19.3. The van der Waals surface area contributed by atoms with Crippen molar-refractivity contribution in [2.24, 2.45) is 0 Å². The average Bonchev–Trinajstić information content (AvgIpc) is 2.71. The molecule has 1 heterocycles. The molecule has 1 unspecified atom stereocenters. The SMILES string of the molecule is CCCCOC1(NC(=S)N(c2ccccc2)c2cccnc2)C=CC=CC1. The summed E-state index contributed by atoms with van der Waals surface area (Å²) in [6, 6.07) is 14.0. The molecule has 1 N–H and O–H groups in total. The van der Waals surface area contributed by atoms with E-state index in [2.05, 4.69) is 23.3 Å². The van der Waals surface area contributed by atoms with Crippen LogP contribution in [0.4, 0.5) is 11.4 Å². The van der Waals surface area contributed by atoms with Crippen molar-refractivity contribution in [1.82, 2.24) is 10.3 Å². The van der Waals surface area contributed by atoms with Gasteiger partial charge < -0.3 is 10.1 Å². The molecule has 0 saturated carbocycles. The number of hydrogen-bond donors (Lipinski definition) is 1. The molecule has 0 amide bonds. The van der Waals surface area contributed by atoms with E-state index in [4.69, 9.17) is 17.0 Å². The van der Waals surface area contributed by atoms with Gasteiger partial charge in [-0.05, 0) is 49.0 Å². The largest absolute Gasteiger partial charge is 0.352 e. The van der Waals surface area contributed by atoms with Crippen molar-refractivity contribution in [3.8, 4) is 0 Å². The van der Waals surface area contributed by atoms with E-state index in [0.29, 0.717) is 11.7 Å². The van der Waals surface area contributed by atoms with Gasteiger partial charge in [0.15, 0.2) is 10.8 Å². The first-order valence-corrected chi connectivity index (χ1v) is 9.70. The van der Waals surface area contributed by atoms with Crippen LogP contribution in [0.25, 0.3) is 0 Å². The molecule has 5 heteroatoms. The summed E-state index contributed by atoms with van der Waals surface area (Å²) in [4.78, 5) is 6.24. The van der Waals surface area contributed by atoms with Gasteiger partial charge >= 0.3 is 0 Å². The third kappa shape index (κ3) is 5.02. The van der Waals surface area contributed by atoms with E-state index in [9.17, 15) is 0 Å². The second kappa shape index (κ2) is 9.44. The van der Waals surface area contributed by atoms with Gasteiger partial charge in [0.2, 0.25) is 0 Å². The van der Waals surface area contributed by atoms with Crippen molar-refractivity contribution in [2.45, 2.75) is 31.9 Å². The lowest BCUT2D eigenvalue weighted by Crippen LogP contribution is -2.53. The lowest BCUT2D eigenvalue weighted by molar-refractivity contribution is -0.0194. The summed E-state index contributed by atoms with van der Waals surface area (Å²) in [6.45, 7) is 2.84. The number of nitrogens with zero attached hydrogens (tertiary/aromatic N) is 2. The Balaban J connectivity index is 1.87. The minimum absolute atomic E-state index is 0.575. The van der Waals surface area contributed by atoms with E-state index in [1.807, 2.05) is 71.8 Å². The van der Waals surface area contributed by atoms with Gasteiger partial charge in [-0.2, -0.15) is 0 Å². The predicted molar refractivity (Wildman–Crippen MR) is 115 cm³/mol. The van der Waals surface area contributed by atoms with Crippen LogP contribution in [0, 0.1) is 0 Å². The maximum absolute atomic E-state index is 6.22. The van der Waals surface area contributed by atoms with Crippen LogP contribution in [0.5, 0.6) is 0 Å². The van der Waals surface area contributed by atoms with Crippen LogP contribution >= 0.6 is 12.2 Å². The van der Waals surface area contributed by atoms with Crippen LogP contribution in [-0.4, -0.2) is 22.4 Å². The highest BCUT2D eigenvalue weighted by atomic mass is 32.1. The summed E-state index contributed by atoms with van der Waals surface area (Å²) in [5, 5.41) is 4.03. The molecule has 3 rings (SSSR count). The molecular weight excluding hydrogens is 354 g/mol. The molecule has 0 saturated heterocycles. The van der Waals surface area contributed by atoms with E-state index >= 15 is 0 Å². The molecule has 140 valence electrons. The number of hydrogen-bond acceptors (Lipinski definition) is 3. The minimum atomic E-state index is -0.629. The molecule has 1 aromatic heterocycles. The molecule has 0 fully saturated rings. The smallest absolute Gasteiger partial charge is 0.180 e. The van der Waals surface area contributed by atoms with Gasteiger partial charge in [-0.1, -0.05) is 49.8 Å². The average molecular weight is 380 g/mol. The molecular formula is C22H25N3OS. The van der Waals surface area contributed by atoms with Crippen molar-refractivity contribution in [3.05, 3.63) is 79.2 Å². The minimum Gasteiger partial charge on any atom is -0.352 e. The predicted octanol–water partition coefficient (Wildman–Crippen LogP) is 5.12. The van der Waals surface area contributed by atoms with E-state index < -0.39 is 5.72 Å². The van der Waals surface area contributed by atoms with Gasteiger partial charge in [0.25, 0.3) is 0 Å². The molecule has 4 nitrogen and oxygen atoms in total. The molecule has 0 aliphatic heterocycles. The van der Waals surface area contributed by atoms with Gasteiger partial charge in [-0.25, -0.2) is 0 Å². The zero-order chi connectivity index (χ0) is 19.0. The van der Waals surface area contributed by atoms with Crippen molar-refractivity contribution < 1.29 is 4.74 Å². The Morgan fingerprint density at radius 3 is 2.67 bits per heavy atom. The number of ether oxygens (including phenoxy) is 1. The van der Waals surface area contributed by atoms with E-state index in [1.54, 1.807) is 6.20 Å². The van der Waals surface area contributed by atoms with Crippen LogP contribution in [0.3, 0.4) is 0 Å². The quantitative estimate of drug-likeness (QED) is 0.410. The second-order valence-corrected chi connectivity index (χ2v) is 6.78. The van der Waals surface area contributed by atoms with Crippen molar-refractivity contribution in [2.75, 3.05) is 11.5 Å². The Morgan fingerprint density at radius 1 is 1.19 bits per heavy atom. The maximum Gasteiger partial charge on any atom is 0.180 e. The summed E-state index contributed by atoms with van der Waals surface area (Å²) >= 11 is 5.82. The first-order chi connectivity index (χ1) is 13.2. The fourth-order valence-electron chi connectivity index (χ4n) is 2.92. The van der Waals surface area contributed by atoms with Crippen molar-refractivity contribution >= 4 is 28.7 Å². The molecule has 1 aliphatic rings. The topological polar surface area (TPSA) is 37.4 Å². The number of thiocarbonyl (C=S) groups is 1. The second-order valence-electron chi connectivity index (χ2n) is 6.40. The van der Waals surface area contributed by atoms with Gasteiger partial charge in [-0.15, -0.1) is 0 Å². The summed E-state index contributed by atoms with van der Waals surface area (Å²) in [5.74, 6) is 0. The highest BCUT2D eigenvalue weighted by Crippen LogP contribution is 2.27. The number of pyridine rings is 1. The Morgan fingerprint density at radius 2 is 2.00 bits per heavy atom. The van der Waals surface area contributed by atoms with Crippen LogP contribution in [0.1, 0.15) is 26.2 Å². The number of anilines is 2. The van der Waals surface area contributed by atoms with Gasteiger partial charge in [0.1, 0.15) is 0 Å². The standard InChI is InChI=1S/C22H25N3OS/c1-2-3-17-26-22(14-8-5-9-15-22)24-21(27)25(19-11-6-4-7-12-19)20-13-10-16-23-18-20/h4-14,16,18H,2-3,15,17H2,1H3,(H,24,27). The number of para-hydroxylation sites is 1. The van der Waals surface area contributed by atoms with Crippen LogP contribution < -0.4 is 10.2 Å². The summed E-state index contributed by atoms with van der Waals surface area (Å²) in [7, 11) is 0. The number of aromatic nitrogens is 1. The Kier molecular flexibility index (Phi) is 6.74. The van der Waals surface area contributed by atoms with Gasteiger partial charge in [-0.3, -0.25) is 9.88 Å².